The van der Waals surface area contributed by atoms with Crippen LogP contribution in [0.3, 0.4) is 0 Å². The minimum atomic E-state index is 0.319. The Hall–Kier alpha value is -0.0400. The van der Waals surface area contributed by atoms with E-state index in [0.717, 1.165) is 12.8 Å². The summed E-state index contributed by atoms with van der Waals surface area (Å²) in [6.45, 7) is 8.24. The third-order valence-corrected chi connectivity index (χ3v) is 1.75. The lowest BCUT2D eigenvalue weighted by Crippen LogP contribution is -2.27. The van der Waals surface area contributed by atoms with Gasteiger partial charge in [-0.05, 0) is 19.3 Å². The highest BCUT2D eigenvalue weighted by Gasteiger charge is 2.07. The molecular formula is C8H18N. The van der Waals surface area contributed by atoms with Gasteiger partial charge >= 0.3 is 0 Å². The summed E-state index contributed by atoms with van der Waals surface area (Å²) in [5.74, 6) is 0.449. The lowest BCUT2D eigenvalue weighted by molar-refractivity contribution is 0.453. The third-order valence-electron chi connectivity index (χ3n) is 1.75. The maximum absolute atomic E-state index is 5.78. The maximum Gasteiger partial charge on any atom is 0.00669 e. The van der Waals surface area contributed by atoms with Gasteiger partial charge in [0.25, 0.3) is 0 Å². The highest BCUT2D eigenvalue weighted by Crippen LogP contribution is 2.08. The fourth-order valence-corrected chi connectivity index (χ4v) is 0.872. The van der Waals surface area contributed by atoms with Crippen LogP contribution in [0.1, 0.15) is 33.1 Å². The van der Waals surface area contributed by atoms with Gasteiger partial charge in [0.2, 0.25) is 0 Å². The van der Waals surface area contributed by atoms with E-state index in [1.807, 2.05) is 0 Å². The lowest BCUT2D eigenvalue weighted by Gasteiger charge is -2.16. The van der Waals surface area contributed by atoms with E-state index < -0.39 is 0 Å². The topological polar surface area (TPSA) is 26.0 Å². The molecule has 0 aliphatic carbocycles. The monoisotopic (exact) mass is 128 g/mol. The first kappa shape index (κ1) is 8.96. The van der Waals surface area contributed by atoms with Crippen LogP contribution in [0.15, 0.2) is 0 Å². The number of hydrogen-bond acceptors (Lipinski definition) is 1. The molecule has 1 nitrogen and oxygen atoms in total. The van der Waals surface area contributed by atoms with E-state index >= 15 is 0 Å². The van der Waals surface area contributed by atoms with Crippen molar-refractivity contribution in [1.82, 2.24) is 0 Å². The summed E-state index contributed by atoms with van der Waals surface area (Å²) in [4.78, 5) is 0. The van der Waals surface area contributed by atoms with E-state index in [1.54, 1.807) is 0 Å². The first-order valence-electron chi connectivity index (χ1n) is 3.81. The Morgan fingerprint density at radius 3 is 2.33 bits per heavy atom. The zero-order valence-electron chi connectivity index (χ0n) is 6.56. The van der Waals surface area contributed by atoms with Crippen LogP contribution in [-0.4, -0.2) is 6.04 Å². The fourth-order valence-electron chi connectivity index (χ4n) is 0.872. The molecule has 55 valence electrons. The van der Waals surface area contributed by atoms with Gasteiger partial charge < -0.3 is 5.73 Å². The Balaban J connectivity index is 3.32. The van der Waals surface area contributed by atoms with Crippen molar-refractivity contribution in [1.29, 1.82) is 0 Å². The molecule has 0 aliphatic heterocycles. The first-order chi connectivity index (χ1) is 4.22. The molecular weight excluding hydrogens is 110 g/mol. The Morgan fingerprint density at radius 2 is 2.00 bits per heavy atom. The summed E-state index contributed by atoms with van der Waals surface area (Å²) < 4.78 is 0. The van der Waals surface area contributed by atoms with Crippen molar-refractivity contribution >= 4 is 0 Å². The number of hydrogen-bond donors (Lipinski definition) is 1. The van der Waals surface area contributed by atoms with Crippen molar-refractivity contribution in [3.8, 4) is 0 Å². The van der Waals surface area contributed by atoms with Gasteiger partial charge in [-0.3, -0.25) is 0 Å². The molecule has 0 aliphatic rings. The molecule has 0 aromatic carbocycles. The summed E-state index contributed by atoms with van der Waals surface area (Å²) in [5, 5.41) is 0. The predicted molar refractivity (Wildman–Crippen MR) is 42.0 cm³/mol. The smallest absolute Gasteiger partial charge is 0.00669 e. The second-order valence-corrected chi connectivity index (χ2v) is 2.62. The molecule has 0 bridgehead atoms. The molecule has 0 aromatic heterocycles. The second kappa shape index (κ2) is 4.80. The second-order valence-electron chi connectivity index (χ2n) is 2.62. The largest absolute Gasteiger partial charge is 0.327 e. The Kier molecular flexibility index (Phi) is 4.78. The van der Waals surface area contributed by atoms with Crippen LogP contribution in [0, 0.1) is 12.8 Å². The average molecular weight is 128 g/mol. The molecule has 2 N–H and O–H groups in total. The van der Waals surface area contributed by atoms with Crippen LogP contribution in [0.5, 0.6) is 0 Å². The van der Waals surface area contributed by atoms with Crippen LogP contribution >= 0.6 is 0 Å². The number of nitrogens with two attached hydrogens (primary N) is 1. The van der Waals surface area contributed by atoms with Gasteiger partial charge in [-0.2, -0.15) is 0 Å². The van der Waals surface area contributed by atoms with Gasteiger partial charge in [0.05, 0.1) is 0 Å². The highest BCUT2D eigenvalue weighted by atomic mass is 14.6. The van der Waals surface area contributed by atoms with Crippen LogP contribution in [-0.2, 0) is 0 Å². The number of rotatable bonds is 4. The molecule has 0 saturated carbocycles. The van der Waals surface area contributed by atoms with Crippen molar-refractivity contribution in [2.75, 3.05) is 0 Å². The van der Waals surface area contributed by atoms with Gasteiger partial charge in [-0.25, -0.2) is 0 Å². The maximum atomic E-state index is 5.78. The molecule has 1 radical (unpaired) electrons. The van der Waals surface area contributed by atoms with Gasteiger partial charge in [0.15, 0.2) is 0 Å². The van der Waals surface area contributed by atoms with E-state index in [2.05, 4.69) is 20.8 Å². The van der Waals surface area contributed by atoms with Crippen molar-refractivity contribution in [3.63, 3.8) is 0 Å². The zero-order chi connectivity index (χ0) is 7.28. The van der Waals surface area contributed by atoms with Gasteiger partial charge in [0, 0.05) is 6.04 Å². The van der Waals surface area contributed by atoms with Crippen LogP contribution in [0.4, 0.5) is 0 Å². The Bertz CT molecular complexity index is 61.6. The van der Waals surface area contributed by atoms with Gasteiger partial charge in [-0.1, -0.05) is 26.7 Å². The summed E-state index contributed by atoms with van der Waals surface area (Å²) in [7, 11) is 0. The first-order valence-corrected chi connectivity index (χ1v) is 3.81. The van der Waals surface area contributed by atoms with Crippen LogP contribution in [0.25, 0.3) is 0 Å². The molecule has 2 atom stereocenters. The Labute approximate surface area is 58.6 Å². The van der Waals surface area contributed by atoms with E-state index in [9.17, 15) is 0 Å². The molecule has 0 heterocycles. The average Bonchev–Trinajstić information content (AvgIpc) is 1.87. The summed E-state index contributed by atoms with van der Waals surface area (Å²) >= 11 is 0. The molecule has 0 amide bonds. The fraction of sp³-hybridized carbons (Fsp3) is 0.875. The van der Waals surface area contributed by atoms with Gasteiger partial charge in [-0.15, -0.1) is 0 Å². The minimum absolute atomic E-state index is 0.319. The standard InChI is InChI=1S/C8H18N/c1-4-6-8(9)7(3)5-2/h7-8H,3-6,9H2,1-2H3. The molecule has 0 rings (SSSR count). The van der Waals surface area contributed by atoms with Crippen molar-refractivity contribution in [2.45, 2.75) is 39.2 Å². The minimum Gasteiger partial charge on any atom is -0.327 e. The van der Waals surface area contributed by atoms with Crippen molar-refractivity contribution in [3.05, 3.63) is 6.92 Å². The summed E-state index contributed by atoms with van der Waals surface area (Å²) in [6.07, 6.45) is 3.39. The van der Waals surface area contributed by atoms with Gasteiger partial charge in [0.1, 0.15) is 0 Å². The van der Waals surface area contributed by atoms with E-state index in [4.69, 9.17) is 5.73 Å². The van der Waals surface area contributed by atoms with Crippen molar-refractivity contribution < 1.29 is 0 Å². The molecule has 0 spiro atoms. The van der Waals surface area contributed by atoms with Crippen LogP contribution < -0.4 is 5.73 Å². The lowest BCUT2D eigenvalue weighted by atomic mass is 9.96. The Morgan fingerprint density at radius 1 is 1.44 bits per heavy atom. The normalized spacial score (nSPS) is 17.3. The molecule has 0 fully saturated rings. The highest BCUT2D eigenvalue weighted by molar-refractivity contribution is 4.72. The summed E-state index contributed by atoms with van der Waals surface area (Å²) in [5.41, 5.74) is 5.78. The quantitative estimate of drug-likeness (QED) is 0.615. The molecule has 2 unspecified atom stereocenters. The molecule has 1 heteroatoms. The molecule has 0 saturated heterocycles. The van der Waals surface area contributed by atoms with Crippen LogP contribution in [0.2, 0.25) is 0 Å². The van der Waals surface area contributed by atoms with E-state index in [-0.39, 0.29) is 0 Å². The van der Waals surface area contributed by atoms with Crippen molar-refractivity contribution in [2.24, 2.45) is 11.7 Å². The van der Waals surface area contributed by atoms with E-state index in [0.29, 0.717) is 12.0 Å². The predicted octanol–water partition coefficient (Wildman–Crippen LogP) is 1.97. The molecule has 0 aromatic rings. The third kappa shape index (κ3) is 3.52. The summed E-state index contributed by atoms with van der Waals surface area (Å²) in [6, 6.07) is 0.319. The molecule has 9 heavy (non-hydrogen) atoms. The zero-order valence-corrected chi connectivity index (χ0v) is 6.56. The van der Waals surface area contributed by atoms with E-state index in [1.165, 1.54) is 6.42 Å². The SMILES string of the molecule is [CH2]C(CC)C(N)CCC.